The fourth-order valence-corrected chi connectivity index (χ4v) is 4.41. The Bertz CT molecular complexity index is 1310. The van der Waals surface area contributed by atoms with Crippen molar-refractivity contribution in [3.8, 4) is 11.3 Å². The van der Waals surface area contributed by atoms with Crippen molar-refractivity contribution in [1.82, 2.24) is 15.0 Å². The van der Waals surface area contributed by atoms with Gasteiger partial charge < -0.3 is 4.74 Å². The highest BCUT2D eigenvalue weighted by molar-refractivity contribution is 5.93. The van der Waals surface area contributed by atoms with Crippen LogP contribution in [0.15, 0.2) is 54.7 Å². The largest absolute Gasteiger partial charge is 0.373 e. The Morgan fingerprint density at radius 1 is 0.938 bits per heavy atom. The average molecular weight is 431 g/mol. The Hall–Kier alpha value is -3.25. The van der Waals surface area contributed by atoms with E-state index in [2.05, 4.69) is 9.97 Å². The zero-order chi connectivity index (χ0) is 22.2. The van der Waals surface area contributed by atoms with Crippen LogP contribution in [0.1, 0.15) is 47.5 Å². The number of fused-ring (bicyclic) bond motifs is 1. The molecular weight excluding hydrogens is 408 g/mol. The molecule has 0 N–H and O–H groups in total. The van der Waals surface area contributed by atoms with Gasteiger partial charge >= 0.3 is 0 Å². The molecule has 0 aliphatic carbocycles. The first-order chi connectivity index (χ1) is 15.5. The molecule has 162 valence electrons. The molecule has 3 aromatic heterocycles. The third-order valence-electron chi connectivity index (χ3n) is 6.03. The Balaban J connectivity index is 1.59. The van der Waals surface area contributed by atoms with E-state index in [1.807, 2.05) is 44.2 Å². The zero-order valence-corrected chi connectivity index (χ0v) is 18.0. The molecule has 1 aliphatic rings. The molecule has 0 amide bonds. The van der Waals surface area contributed by atoms with Crippen molar-refractivity contribution in [2.45, 2.75) is 38.7 Å². The third-order valence-corrected chi connectivity index (χ3v) is 6.03. The van der Waals surface area contributed by atoms with Crippen molar-refractivity contribution in [2.24, 2.45) is 0 Å². The number of aromatic nitrogens is 3. The lowest BCUT2D eigenvalue weighted by molar-refractivity contribution is 0.00460. The highest BCUT2D eigenvalue weighted by Crippen LogP contribution is 2.39. The van der Waals surface area contributed by atoms with E-state index in [1.165, 1.54) is 12.1 Å². The molecule has 0 radical (unpaired) electrons. The minimum atomic E-state index is -0.631. The summed E-state index contributed by atoms with van der Waals surface area (Å²) in [6.07, 6.45) is 3.33. The number of ether oxygens (including phenoxy) is 1. The molecule has 1 aromatic carbocycles. The van der Waals surface area contributed by atoms with E-state index < -0.39 is 11.6 Å². The summed E-state index contributed by atoms with van der Waals surface area (Å²) in [6, 6.07) is 13.4. The first kappa shape index (κ1) is 20.6. The van der Waals surface area contributed by atoms with Gasteiger partial charge in [0.15, 0.2) is 0 Å². The molecule has 5 rings (SSSR count). The third kappa shape index (κ3) is 3.98. The Morgan fingerprint density at radius 2 is 1.81 bits per heavy atom. The lowest BCUT2D eigenvalue weighted by Gasteiger charge is -2.30. The van der Waals surface area contributed by atoms with Gasteiger partial charge in [0.25, 0.3) is 0 Å². The molecule has 1 aliphatic heterocycles. The Morgan fingerprint density at radius 3 is 2.62 bits per heavy atom. The molecule has 4 heterocycles. The number of halogens is 2. The average Bonchev–Trinajstić information content (AvgIpc) is 2.78. The maximum Gasteiger partial charge on any atom is 0.135 e. The smallest absolute Gasteiger partial charge is 0.135 e. The molecule has 1 fully saturated rings. The van der Waals surface area contributed by atoms with E-state index in [1.54, 1.807) is 6.20 Å². The van der Waals surface area contributed by atoms with Crippen LogP contribution >= 0.6 is 0 Å². The van der Waals surface area contributed by atoms with Crippen LogP contribution in [-0.2, 0) is 4.74 Å². The van der Waals surface area contributed by atoms with E-state index in [-0.39, 0.29) is 17.6 Å². The maximum absolute atomic E-state index is 14.7. The van der Waals surface area contributed by atoms with E-state index in [0.717, 1.165) is 52.5 Å². The van der Waals surface area contributed by atoms with Gasteiger partial charge in [0.1, 0.15) is 11.6 Å². The highest BCUT2D eigenvalue weighted by Gasteiger charge is 2.27. The van der Waals surface area contributed by atoms with Gasteiger partial charge in [0.05, 0.1) is 17.3 Å². The number of aryl methyl sites for hydroxylation is 2. The zero-order valence-electron chi connectivity index (χ0n) is 18.0. The van der Waals surface area contributed by atoms with Crippen molar-refractivity contribution in [2.75, 3.05) is 6.61 Å². The summed E-state index contributed by atoms with van der Waals surface area (Å²) >= 11 is 0. The van der Waals surface area contributed by atoms with Gasteiger partial charge in [-0.05, 0) is 74.7 Å². The van der Waals surface area contributed by atoms with Crippen LogP contribution in [0.4, 0.5) is 8.78 Å². The molecular formula is C26H23F2N3O. The summed E-state index contributed by atoms with van der Waals surface area (Å²) in [6.45, 7) is 4.50. The van der Waals surface area contributed by atoms with Gasteiger partial charge in [-0.3, -0.25) is 15.0 Å². The molecule has 32 heavy (non-hydrogen) atoms. The summed E-state index contributed by atoms with van der Waals surface area (Å²) in [5.41, 5.74) is 5.30. The predicted octanol–water partition coefficient (Wildman–Crippen LogP) is 6.22. The fraction of sp³-hybridized carbons (Fsp3) is 0.269. The number of benzene rings is 1. The SMILES string of the molecule is Cc1cc([C@H]2C[C@@H](c3cc4nc(C)ccc4c(-c4ccc(F)cc4F)n3)CCO2)ccn1. The summed E-state index contributed by atoms with van der Waals surface area (Å²) in [7, 11) is 0. The van der Waals surface area contributed by atoms with E-state index >= 15 is 0 Å². The van der Waals surface area contributed by atoms with Crippen LogP contribution < -0.4 is 0 Å². The van der Waals surface area contributed by atoms with Crippen LogP contribution in [0.25, 0.3) is 22.2 Å². The Labute approximate surface area is 185 Å². The maximum atomic E-state index is 14.7. The molecule has 6 heteroatoms. The molecule has 0 saturated carbocycles. The second kappa shape index (κ2) is 8.36. The molecule has 2 atom stereocenters. The summed E-state index contributed by atoms with van der Waals surface area (Å²) in [4.78, 5) is 13.8. The van der Waals surface area contributed by atoms with Crippen LogP contribution in [0.5, 0.6) is 0 Å². The number of nitrogens with zero attached hydrogens (tertiary/aromatic N) is 3. The highest BCUT2D eigenvalue weighted by atomic mass is 19.1. The lowest BCUT2D eigenvalue weighted by Crippen LogP contribution is -2.20. The first-order valence-electron chi connectivity index (χ1n) is 10.8. The fourth-order valence-electron chi connectivity index (χ4n) is 4.41. The second-order valence-electron chi connectivity index (χ2n) is 8.35. The topological polar surface area (TPSA) is 47.9 Å². The minimum Gasteiger partial charge on any atom is -0.373 e. The van der Waals surface area contributed by atoms with Crippen LogP contribution in [0.2, 0.25) is 0 Å². The van der Waals surface area contributed by atoms with Gasteiger partial charge in [0, 0.05) is 52.8 Å². The van der Waals surface area contributed by atoms with Crippen LogP contribution in [0.3, 0.4) is 0 Å². The molecule has 4 aromatic rings. The lowest BCUT2D eigenvalue weighted by atomic mass is 9.88. The summed E-state index contributed by atoms with van der Waals surface area (Å²) in [5.74, 6) is -1.11. The van der Waals surface area contributed by atoms with Crippen molar-refractivity contribution >= 4 is 10.9 Å². The van der Waals surface area contributed by atoms with Gasteiger partial charge in [-0.25, -0.2) is 8.78 Å². The minimum absolute atomic E-state index is 0.0515. The van der Waals surface area contributed by atoms with Gasteiger partial charge in [0.2, 0.25) is 0 Å². The number of hydrogen-bond acceptors (Lipinski definition) is 4. The number of hydrogen-bond donors (Lipinski definition) is 0. The van der Waals surface area contributed by atoms with Gasteiger partial charge in [-0.15, -0.1) is 0 Å². The van der Waals surface area contributed by atoms with Crippen molar-refractivity contribution in [3.05, 3.63) is 89.0 Å². The predicted molar refractivity (Wildman–Crippen MR) is 119 cm³/mol. The first-order valence-corrected chi connectivity index (χ1v) is 10.8. The van der Waals surface area contributed by atoms with E-state index in [9.17, 15) is 8.78 Å². The van der Waals surface area contributed by atoms with E-state index in [4.69, 9.17) is 9.72 Å². The molecule has 0 unspecified atom stereocenters. The quantitative estimate of drug-likeness (QED) is 0.386. The monoisotopic (exact) mass is 431 g/mol. The summed E-state index contributed by atoms with van der Waals surface area (Å²) in [5, 5.41) is 0.748. The second-order valence-corrected chi connectivity index (χ2v) is 8.35. The molecule has 1 saturated heterocycles. The number of pyridine rings is 3. The Kier molecular flexibility index (Phi) is 5.39. The summed E-state index contributed by atoms with van der Waals surface area (Å²) < 4.78 is 34.3. The van der Waals surface area contributed by atoms with Crippen LogP contribution in [0, 0.1) is 25.5 Å². The van der Waals surface area contributed by atoms with Gasteiger partial charge in [-0.2, -0.15) is 0 Å². The molecule has 4 nitrogen and oxygen atoms in total. The number of rotatable bonds is 3. The standard InChI is InChI=1S/C26H23F2N3O/c1-15-3-5-21-24(30-15)14-23(31-26(21)20-6-4-19(27)13-22(20)28)17-8-10-32-25(12-17)18-7-9-29-16(2)11-18/h3-7,9,11,13-14,17,25H,8,10,12H2,1-2H3/t17-,25+/m0/s1. The van der Waals surface area contributed by atoms with Crippen LogP contribution in [-0.4, -0.2) is 21.6 Å². The van der Waals surface area contributed by atoms with Crippen molar-refractivity contribution < 1.29 is 13.5 Å². The molecule has 0 spiro atoms. The van der Waals surface area contributed by atoms with Crippen molar-refractivity contribution in [1.29, 1.82) is 0 Å². The van der Waals surface area contributed by atoms with E-state index in [0.29, 0.717) is 12.3 Å². The normalized spacial score (nSPS) is 18.8. The van der Waals surface area contributed by atoms with Gasteiger partial charge in [-0.1, -0.05) is 0 Å². The molecule has 0 bridgehead atoms. The van der Waals surface area contributed by atoms with Crippen molar-refractivity contribution in [3.63, 3.8) is 0 Å².